The third-order valence-corrected chi connectivity index (χ3v) is 4.19. The van der Waals surface area contributed by atoms with E-state index < -0.39 is 0 Å². The Hall–Kier alpha value is -3.62. The molecule has 0 bridgehead atoms. The molecule has 3 rings (SSSR count). The lowest BCUT2D eigenvalue weighted by molar-refractivity contribution is 0.0526. The second-order valence-corrected chi connectivity index (χ2v) is 6.23. The van der Waals surface area contributed by atoms with E-state index in [1.807, 2.05) is 12.1 Å². The van der Waals surface area contributed by atoms with E-state index in [9.17, 15) is 9.59 Å². The van der Waals surface area contributed by atoms with Crippen LogP contribution in [0.1, 0.15) is 17.3 Å². The Morgan fingerprint density at radius 2 is 1.86 bits per heavy atom. The number of esters is 1. The summed E-state index contributed by atoms with van der Waals surface area (Å²) in [5.74, 6) is 0.403. The lowest BCUT2D eigenvalue weighted by Crippen LogP contribution is -2.40. The van der Waals surface area contributed by atoms with Crippen LogP contribution in [0, 0.1) is 0 Å². The van der Waals surface area contributed by atoms with Crippen molar-refractivity contribution in [2.75, 3.05) is 43.4 Å². The zero-order valence-corrected chi connectivity index (χ0v) is 16.2. The van der Waals surface area contributed by atoms with E-state index >= 15 is 0 Å². The molecule has 0 saturated carbocycles. The van der Waals surface area contributed by atoms with Crippen LogP contribution in [-0.4, -0.2) is 60.6 Å². The molecule has 3 N–H and O–H groups in total. The van der Waals surface area contributed by atoms with Crippen LogP contribution >= 0.6 is 0 Å². The molecule has 2 aromatic rings. The number of benzene rings is 1. The van der Waals surface area contributed by atoms with Crippen LogP contribution in [0.3, 0.4) is 0 Å². The summed E-state index contributed by atoms with van der Waals surface area (Å²) in [6, 6.07) is 9.99. The van der Waals surface area contributed by atoms with Crippen molar-refractivity contribution < 1.29 is 14.3 Å². The predicted molar refractivity (Wildman–Crippen MR) is 111 cm³/mol. The van der Waals surface area contributed by atoms with Crippen LogP contribution in [-0.2, 0) is 4.74 Å². The number of hydrogen-bond acceptors (Lipinski definition) is 7. The van der Waals surface area contributed by atoms with E-state index in [-0.39, 0.29) is 12.0 Å². The van der Waals surface area contributed by atoms with Gasteiger partial charge in [-0.2, -0.15) is 0 Å². The normalized spacial score (nSPS) is 12.9. The molecule has 0 unspecified atom stereocenters. The first-order chi connectivity index (χ1) is 14.2. The fourth-order valence-electron chi connectivity index (χ4n) is 2.77. The van der Waals surface area contributed by atoms with E-state index in [2.05, 4.69) is 30.8 Å². The molecule has 1 aliphatic rings. The van der Waals surface area contributed by atoms with Gasteiger partial charge in [-0.05, 0) is 43.3 Å². The quantitative estimate of drug-likeness (QED) is 0.619. The molecule has 1 aliphatic heterocycles. The third kappa shape index (κ3) is 5.93. The maximum absolute atomic E-state index is 12.1. The lowest BCUT2D eigenvalue weighted by Gasteiger charge is -2.21. The number of carbonyl (C=O) groups excluding carboxylic acids is 2. The van der Waals surface area contributed by atoms with Gasteiger partial charge in [0.25, 0.3) is 0 Å². The van der Waals surface area contributed by atoms with Crippen LogP contribution < -0.4 is 16.0 Å². The molecule has 9 nitrogen and oxygen atoms in total. The van der Waals surface area contributed by atoms with Gasteiger partial charge in [-0.3, -0.25) is 9.98 Å². The fraction of sp³-hybridized carbons (Fsp3) is 0.300. The maximum Gasteiger partial charge on any atom is 0.338 e. The first-order valence-corrected chi connectivity index (χ1v) is 9.44. The number of guanidine groups is 1. The SMILES string of the molecule is CCOC(=O)c1ccc(NC(=O)NCCN2CCN=C2Nc2ccncc2)cc1. The highest BCUT2D eigenvalue weighted by Gasteiger charge is 2.17. The summed E-state index contributed by atoms with van der Waals surface area (Å²) in [5, 5.41) is 8.83. The smallest absolute Gasteiger partial charge is 0.338 e. The number of nitrogens with one attached hydrogen (secondary N) is 3. The maximum atomic E-state index is 12.1. The number of anilines is 2. The topological polar surface area (TPSA) is 108 Å². The summed E-state index contributed by atoms with van der Waals surface area (Å²) in [7, 11) is 0. The molecule has 0 radical (unpaired) electrons. The summed E-state index contributed by atoms with van der Waals surface area (Å²) in [5.41, 5.74) is 1.96. The van der Waals surface area contributed by atoms with Gasteiger partial charge < -0.3 is 25.6 Å². The van der Waals surface area contributed by atoms with Crippen molar-refractivity contribution in [3.8, 4) is 0 Å². The average molecular weight is 396 g/mol. The summed E-state index contributed by atoms with van der Waals surface area (Å²) in [6.07, 6.45) is 3.43. The summed E-state index contributed by atoms with van der Waals surface area (Å²) in [4.78, 5) is 34.3. The number of amides is 2. The zero-order valence-electron chi connectivity index (χ0n) is 16.2. The van der Waals surface area contributed by atoms with Crippen molar-refractivity contribution in [3.05, 3.63) is 54.4 Å². The fourth-order valence-corrected chi connectivity index (χ4v) is 2.77. The number of rotatable bonds is 7. The first kappa shape index (κ1) is 20.1. The van der Waals surface area contributed by atoms with Crippen molar-refractivity contribution in [2.45, 2.75) is 6.92 Å². The average Bonchev–Trinajstić information content (AvgIpc) is 3.16. The molecular weight excluding hydrogens is 372 g/mol. The highest BCUT2D eigenvalue weighted by molar-refractivity contribution is 5.95. The molecular formula is C20H24N6O3. The molecule has 0 aliphatic carbocycles. The Morgan fingerprint density at radius 3 is 2.59 bits per heavy atom. The molecule has 2 heterocycles. The molecule has 2 amide bonds. The minimum Gasteiger partial charge on any atom is -0.462 e. The van der Waals surface area contributed by atoms with Crippen molar-refractivity contribution >= 4 is 29.3 Å². The number of carbonyl (C=O) groups is 2. The van der Waals surface area contributed by atoms with Gasteiger partial charge in [-0.25, -0.2) is 9.59 Å². The molecule has 0 fully saturated rings. The van der Waals surface area contributed by atoms with E-state index in [1.165, 1.54) is 0 Å². The summed E-state index contributed by atoms with van der Waals surface area (Å²) < 4.78 is 4.94. The highest BCUT2D eigenvalue weighted by Crippen LogP contribution is 2.11. The Labute approximate surface area is 169 Å². The monoisotopic (exact) mass is 396 g/mol. The molecule has 1 aromatic heterocycles. The molecule has 0 atom stereocenters. The second-order valence-electron chi connectivity index (χ2n) is 6.23. The van der Waals surface area contributed by atoms with Crippen LogP contribution in [0.25, 0.3) is 0 Å². The van der Waals surface area contributed by atoms with Crippen molar-refractivity contribution in [2.24, 2.45) is 4.99 Å². The Kier molecular flexibility index (Phi) is 6.99. The van der Waals surface area contributed by atoms with E-state index in [0.717, 1.165) is 18.2 Å². The van der Waals surface area contributed by atoms with Gasteiger partial charge in [0, 0.05) is 43.4 Å². The van der Waals surface area contributed by atoms with Gasteiger partial charge in [-0.1, -0.05) is 0 Å². The minimum absolute atomic E-state index is 0.311. The number of nitrogens with zero attached hydrogens (tertiary/aromatic N) is 3. The predicted octanol–water partition coefficient (Wildman–Crippen LogP) is 2.16. The lowest BCUT2D eigenvalue weighted by atomic mass is 10.2. The Bertz CT molecular complexity index is 854. The first-order valence-electron chi connectivity index (χ1n) is 9.44. The third-order valence-electron chi connectivity index (χ3n) is 4.19. The minimum atomic E-state index is -0.382. The number of hydrogen-bond donors (Lipinski definition) is 3. The van der Waals surface area contributed by atoms with E-state index in [1.54, 1.807) is 43.6 Å². The highest BCUT2D eigenvalue weighted by atomic mass is 16.5. The van der Waals surface area contributed by atoms with Gasteiger partial charge in [-0.15, -0.1) is 0 Å². The zero-order chi connectivity index (χ0) is 20.5. The Morgan fingerprint density at radius 1 is 1.10 bits per heavy atom. The van der Waals surface area contributed by atoms with Crippen molar-refractivity contribution in [1.82, 2.24) is 15.2 Å². The van der Waals surface area contributed by atoms with Crippen LogP contribution in [0.2, 0.25) is 0 Å². The second kappa shape index (κ2) is 10.1. The van der Waals surface area contributed by atoms with Gasteiger partial charge in [0.05, 0.1) is 18.7 Å². The van der Waals surface area contributed by atoms with Crippen LogP contribution in [0.15, 0.2) is 53.8 Å². The van der Waals surface area contributed by atoms with Crippen molar-refractivity contribution in [1.29, 1.82) is 0 Å². The Balaban J connectivity index is 1.41. The van der Waals surface area contributed by atoms with Crippen molar-refractivity contribution in [3.63, 3.8) is 0 Å². The number of pyridine rings is 1. The summed E-state index contributed by atoms with van der Waals surface area (Å²) in [6.45, 7) is 4.68. The number of ether oxygens (including phenoxy) is 1. The van der Waals surface area contributed by atoms with E-state index in [4.69, 9.17) is 4.74 Å². The standard InChI is InChI=1S/C20H24N6O3/c1-2-29-18(27)15-3-5-16(6-4-15)25-20(28)23-12-14-26-13-11-22-19(26)24-17-7-9-21-10-8-17/h3-10H,2,11-14H2,1H3,(H,21,22,24)(H2,23,25,28). The molecule has 0 saturated heterocycles. The molecule has 9 heteroatoms. The van der Waals surface area contributed by atoms with E-state index in [0.29, 0.717) is 37.5 Å². The van der Waals surface area contributed by atoms with Crippen LogP contribution in [0.5, 0.6) is 0 Å². The molecule has 29 heavy (non-hydrogen) atoms. The molecule has 1 aromatic carbocycles. The van der Waals surface area contributed by atoms with Crippen LogP contribution in [0.4, 0.5) is 16.2 Å². The van der Waals surface area contributed by atoms with Gasteiger partial charge in [0.15, 0.2) is 5.96 Å². The largest absolute Gasteiger partial charge is 0.462 e. The number of aromatic nitrogens is 1. The molecule has 152 valence electrons. The number of aliphatic imine (C=N–C) groups is 1. The number of urea groups is 1. The molecule has 0 spiro atoms. The summed E-state index contributed by atoms with van der Waals surface area (Å²) >= 11 is 0. The van der Waals surface area contributed by atoms with Gasteiger partial charge in [0.2, 0.25) is 0 Å². The van der Waals surface area contributed by atoms with Gasteiger partial charge in [0.1, 0.15) is 0 Å². The van der Waals surface area contributed by atoms with Gasteiger partial charge >= 0.3 is 12.0 Å².